The third-order valence-electron chi connectivity index (χ3n) is 10.2. The number of nitrogens with one attached hydrogen (secondary N) is 2. The maximum Gasteiger partial charge on any atom is 0.364 e. The predicted molar refractivity (Wildman–Crippen MR) is 171 cm³/mol. The Hall–Kier alpha value is -2.35. The molecule has 5 fully saturated rings. The summed E-state index contributed by atoms with van der Waals surface area (Å²) in [5.74, 6) is -6.74. The van der Waals surface area contributed by atoms with E-state index in [1.54, 1.807) is 0 Å². The summed E-state index contributed by atoms with van der Waals surface area (Å²) in [5, 5.41) is 133. The number of fused-ring (bicyclic) bond motifs is 6. The largest absolute Gasteiger partial charge is 0.477 e. The van der Waals surface area contributed by atoms with Crippen molar-refractivity contribution in [3.63, 3.8) is 0 Å². The molecule has 0 aliphatic carbocycles. The van der Waals surface area contributed by atoms with Gasteiger partial charge in [0.2, 0.25) is 11.8 Å². The van der Waals surface area contributed by atoms with Crippen molar-refractivity contribution in [3.8, 4) is 0 Å². The van der Waals surface area contributed by atoms with Crippen LogP contribution in [0.5, 0.6) is 0 Å². The van der Waals surface area contributed by atoms with Crippen molar-refractivity contribution in [2.24, 2.45) is 0 Å². The lowest BCUT2D eigenvalue weighted by Crippen LogP contribution is -2.71. The molecule has 25 nitrogen and oxygen atoms in total. The summed E-state index contributed by atoms with van der Waals surface area (Å²) in [6, 6.07) is -3.36. The van der Waals surface area contributed by atoms with Crippen LogP contribution in [0.4, 0.5) is 0 Å². The van der Waals surface area contributed by atoms with Gasteiger partial charge < -0.3 is 110 Å². The zero-order chi connectivity index (χ0) is 41.4. The summed E-state index contributed by atoms with van der Waals surface area (Å²) in [7, 11) is 0. The second kappa shape index (κ2) is 18.3. The minimum Gasteiger partial charge on any atom is -0.477 e. The molecule has 5 saturated heterocycles. The number of aliphatic carboxylic acids is 1. The molecule has 322 valence electrons. The summed E-state index contributed by atoms with van der Waals surface area (Å²) in [4.78, 5) is 38.3. The van der Waals surface area contributed by atoms with E-state index in [0.717, 1.165) is 13.8 Å². The summed E-state index contributed by atoms with van der Waals surface area (Å²) in [6.07, 6.45) is -36.5. The third-order valence-corrected chi connectivity index (χ3v) is 10.2. The molecular formula is C31H50N2O23. The molecule has 14 N–H and O–H groups in total. The molecule has 21 atom stereocenters. The van der Waals surface area contributed by atoms with E-state index in [-0.39, 0.29) is 0 Å². The number of carboxylic acid groups (broad SMARTS) is 1. The summed E-state index contributed by atoms with van der Waals surface area (Å²) in [5.41, 5.74) is 0. The number of ether oxygens (including phenoxy) is 8. The highest BCUT2D eigenvalue weighted by atomic mass is 16.8. The van der Waals surface area contributed by atoms with Gasteiger partial charge in [0, 0.05) is 20.3 Å². The van der Waals surface area contributed by atoms with Crippen molar-refractivity contribution >= 4 is 17.8 Å². The summed E-state index contributed by atoms with van der Waals surface area (Å²) >= 11 is 0. The molecule has 25 heteroatoms. The number of carbonyl (C=O) groups is 3. The molecular weight excluding hydrogens is 768 g/mol. The topological polar surface area (TPSA) is 392 Å². The van der Waals surface area contributed by atoms with E-state index in [1.165, 1.54) is 0 Å². The first-order valence-corrected chi connectivity index (χ1v) is 17.7. The van der Waals surface area contributed by atoms with Gasteiger partial charge in [-0.2, -0.15) is 0 Å². The monoisotopic (exact) mass is 818 g/mol. The Kier molecular flexibility index (Phi) is 14.6. The normalized spacial score (nSPS) is 47.6. The Labute approximate surface area is 317 Å². The van der Waals surface area contributed by atoms with Crippen molar-refractivity contribution < 1.29 is 114 Å². The molecule has 2 amide bonds. The minimum absolute atomic E-state index is 0.801. The second-order valence-electron chi connectivity index (χ2n) is 14.1. The summed E-state index contributed by atoms with van der Waals surface area (Å²) in [6.45, 7) is -2.00. The Bertz CT molecular complexity index is 1360. The Morgan fingerprint density at radius 3 is 1.77 bits per heavy atom. The molecule has 6 bridgehead atoms. The van der Waals surface area contributed by atoms with Crippen molar-refractivity contribution in [1.82, 2.24) is 10.6 Å². The Morgan fingerprint density at radius 1 is 0.679 bits per heavy atom. The number of hydrogen-bond acceptors (Lipinski definition) is 22. The van der Waals surface area contributed by atoms with Gasteiger partial charge in [-0.1, -0.05) is 0 Å². The minimum atomic E-state index is -3.13. The van der Waals surface area contributed by atoms with Crippen LogP contribution in [0.3, 0.4) is 0 Å². The number of carboxylic acids is 1. The van der Waals surface area contributed by atoms with Crippen LogP contribution in [0.15, 0.2) is 0 Å². The third kappa shape index (κ3) is 8.81. The maximum atomic E-state index is 13.3. The molecule has 5 heterocycles. The average molecular weight is 819 g/mol. The molecule has 56 heavy (non-hydrogen) atoms. The first-order valence-electron chi connectivity index (χ1n) is 17.7. The number of carbonyl (C=O) groups excluding carboxylic acids is 2. The highest BCUT2D eigenvalue weighted by Crippen LogP contribution is 2.41. The van der Waals surface area contributed by atoms with Crippen LogP contribution in [0.1, 0.15) is 20.3 Å². The van der Waals surface area contributed by atoms with Gasteiger partial charge >= 0.3 is 5.97 Å². The van der Waals surface area contributed by atoms with Crippen LogP contribution in [0.25, 0.3) is 0 Å². The van der Waals surface area contributed by atoms with Gasteiger partial charge in [0.25, 0.3) is 5.79 Å². The van der Waals surface area contributed by atoms with E-state index < -0.39 is 179 Å². The van der Waals surface area contributed by atoms with Crippen molar-refractivity contribution in [2.45, 2.75) is 149 Å². The lowest BCUT2D eigenvalue weighted by atomic mass is 9.87. The molecule has 0 saturated carbocycles. The lowest BCUT2D eigenvalue weighted by Gasteiger charge is -2.51. The zero-order valence-electron chi connectivity index (χ0n) is 29.9. The highest BCUT2D eigenvalue weighted by Gasteiger charge is 2.63. The van der Waals surface area contributed by atoms with Crippen LogP contribution < -0.4 is 10.6 Å². The van der Waals surface area contributed by atoms with Gasteiger partial charge in [-0.05, 0) is 0 Å². The van der Waals surface area contributed by atoms with Crippen LogP contribution in [0.2, 0.25) is 0 Å². The second-order valence-corrected chi connectivity index (χ2v) is 14.1. The van der Waals surface area contributed by atoms with Gasteiger partial charge in [0.15, 0.2) is 18.9 Å². The predicted octanol–water partition coefficient (Wildman–Crippen LogP) is -9.21. The van der Waals surface area contributed by atoms with Gasteiger partial charge in [-0.3, -0.25) is 9.59 Å². The van der Waals surface area contributed by atoms with E-state index in [2.05, 4.69) is 10.6 Å². The maximum absolute atomic E-state index is 13.3. The molecule has 0 radical (unpaired) electrons. The van der Waals surface area contributed by atoms with Crippen LogP contribution in [-0.4, -0.2) is 234 Å². The summed E-state index contributed by atoms with van der Waals surface area (Å²) < 4.78 is 47.2. The quantitative estimate of drug-likeness (QED) is 0.0973. The SMILES string of the molecule is CC(=O)N[C@H]1[C@@H]2O[C@H]([C@H](O)CO)[C@@H]3O[C@@](C(=O)O)(C[C@H](O)[C@H]3NC(C)=O)O[C@H]3[C@H](O)[C@@H](CO)O[C@@H](O[C@H]1[C@@H](O)[C@@H](CO)O2)[C@@H]3O[C@H]1O[C@H](CO)[C@@H](O)[C@H](O)[C@H]1O. The van der Waals surface area contributed by atoms with Crippen LogP contribution >= 0.6 is 0 Å². The van der Waals surface area contributed by atoms with Crippen molar-refractivity contribution in [3.05, 3.63) is 0 Å². The standard InChI is InChI=1S/C31H50N2O23/c1-8(38)32-15-10(40)3-31(30(47)48)55-24(15)22(11(41)4-34)52-27-16(33-9(2)39)23(18(43)13(6-36)49-27)53-29-26(25(56-31)19(44)14(7-37)51-29)54-28-21(46)20(45)17(42)12(5-35)50-28/h10-29,34-37,40-46H,3-7H2,1-2H3,(H,32,38)(H,33,39)(H,47,48)/t10-,11+,12+,13+,14+,15+,16+,17+,18-,19+,20-,21+,22+,23+,24+,25-,26+,27-,28+,29-,31-/m0/s1. The molecule has 0 aromatic rings. The lowest BCUT2D eigenvalue weighted by molar-refractivity contribution is -0.402. The molecule has 0 aromatic heterocycles. The highest BCUT2D eigenvalue weighted by molar-refractivity contribution is 5.76. The number of aliphatic hydroxyl groups excluding tert-OH is 11. The first kappa shape index (κ1) is 44.7. The van der Waals surface area contributed by atoms with Crippen molar-refractivity contribution in [1.29, 1.82) is 0 Å². The van der Waals surface area contributed by atoms with E-state index in [9.17, 15) is 75.7 Å². The smallest absolute Gasteiger partial charge is 0.364 e. The van der Waals surface area contributed by atoms with Gasteiger partial charge in [0.1, 0.15) is 91.5 Å². The fourth-order valence-corrected chi connectivity index (χ4v) is 7.43. The van der Waals surface area contributed by atoms with Crippen LogP contribution in [-0.2, 0) is 52.3 Å². The van der Waals surface area contributed by atoms with E-state index in [1.807, 2.05) is 0 Å². The van der Waals surface area contributed by atoms with E-state index >= 15 is 0 Å². The van der Waals surface area contributed by atoms with Gasteiger partial charge in [-0.15, -0.1) is 0 Å². The fourth-order valence-electron chi connectivity index (χ4n) is 7.43. The Balaban J connectivity index is 1.75. The van der Waals surface area contributed by atoms with E-state index in [4.69, 9.17) is 37.9 Å². The van der Waals surface area contributed by atoms with Gasteiger partial charge in [0.05, 0.1) is 38.6 Å². The van der Waals surface area contributed by atoms with E-state index in [0.29, 0.717) is 0 Å². The first-order chi connectivity index (χ1) is 26.4. The van der Waals surface area contributed by atoms with Crippen LogP contribution in [0, 0.1) is 0 Å². The molecule has 0 spiro atoms. The molecule has 0 unspecified atom stereocenters. The zero-order valence-corrected chi connectivity index (χ0v) is 29.9. The molecule has 5 aliphatic heterocycles. The fraction of sp³-hybridized carbons (Fsp3) is 0.903. The molecule has 5 rings (SSSR count). The number of amides is 2. The number of hydrogen-bond donors (Lipinski definition) is 14. The Morgan fingerprint density at radius 2 is 1.21 bits per heavy atom. The van der Waals surface area contributed by atoms with Crippen molar-refractivity contribution in [2.75, 3.05) is 26.4 Å². The number of rotatable bonds is 10. The average Bonchev–Trinajstić information content (AvgIpc) is 3.15. The van der Waals surface area contributed by atoms with Gasteiger partial charge in [-0.25, -0.2) is 4.79 Å². The number of aliphatic hydroxyl groups is 11. The molecule has 0 aromatic carbocycles. The molecule has 5 aliphatic rings.